The molecule has 0 spiro atoms. The monoisotopic (exact) mass is 288 g/mol. The molecule has 0 N–H and O–H groups in total. The van der Waals surface area contributed by atoms with E-state index >= 15 is 0 Å². The lowest BCUT2D eigenvalue weighted by Crippen LogP contribution is -2.23. The number of rotatable bonds is 5. The molecule has 2 aromatic rings. The van der Waals surface area contributed by atoms with Crippen LogP contribution in [0.25, 0.3) is 0 Å². The highest BCUT2D eigenvalue weighted by molar-refractivity contribution is 7.10. The number of hydrogen-bond donors (Lipinski definition) is 0. The molecule has 4 heteroatoms. The van der Waals surface area contributed by atoms with Crippen molar-refractivity contribution in [1.29, 1.82) is 0 Å². The van der Waals surface area contributed by atoms with Gasteiger partial charge in [0.25, 0.3) is 0 Å². The van der Waals surface area contributed by atoms with E-state index in [0.29, 0.717) is 5.56 Å². The predicted molar refractivity (Wildman–Crippen MR) is 79.2 cm³/mol. The Morgan fingerprint density at radius 1 is 1.25 bits per heavy atom. The van der Waals surface area contributed by atoms with Gasteiger partial charge in [-0.2, -0.15) is 0 Å². The second kappa shape index (κ2) is 6.48. The quantitative estimate of drug-likeness (QED) is 0.480. The largest absolute Gasteiger partial charge is 0.465 e. The zero-order valence-corrected chi connectivity index (χ0v) is 12.3. The van der Waals surface area contributed by atoms with E-state index in [1.165, 1.54) is 11.3 Å². The zero-order chi connectivity index (χ0) is 14.5. The van der Waals surface area contributed by atoms with Gasteiger partial charge in [0.15, 0.2) is 11.7 Å². The van der Waals surface area contributed by atoms with Crippen molar-refractivity contribution in [2.24, 2.45) is 0 Å². The molecule has 1 atom stereocenters. The maximum atomic E-state index is 12.6. The molecule has 0 aliphatic heterocycles. The first-order chi connectivity index (χ1) is 9.63. The van der Waals surface area contributed by atoms with E-state index in [-0.39, 0.29) is 12.4 Å². The number of hydrogen-bond acceptors (Lipinski definition) is 4. The van der Waals surface area contributed by atoms with E-state index in [0.717, 1.165) is 10.4 Å². The maximum Gasteiger partial charge on any atom is 0.322 e. The van der Waals surface area contributed by atoms with Crippen LogP contribution in [0.2, 0.25) is 0 Å². The van der Waals surface area contributed by atoms with E-state index in [9.17, 15) is 9.59 Å². The molecule has 0 aliphatic carbocycles. The van der Waals surface area contributed by atoms with E-state index in [2.05, 4.69) is 0 Å². The first-order valence-corrected chi connectivity index (χ1v) is 7.32. The third-order valence-electron chi connectivity index (χ3n) is 2.88. The Balaban J connectivity index is 2.36. The number of Topliss-reactive ketones (excluding diaryl/α,β-unsaturated/α-hetero) is 1. The summed E-state index contributed by atoms with van der Waals surface area (Å²) in [6.45, 7) is 3.94. The summed E-state index contributed by atoms with van der Waals surface area (Å²) in [4.78, 5) is 25.4. The van der Waals surface area contributed by atoms with Crippen molar-refractivity contribution >= 4 is 23.1 Å². The van der Waals surface area contributed by atoms with Gasteiger partial charge in [-0.1, -0.05) is 30.3 Å². The predicted octanol–water partition coefficient (Wildman–Crippen LogP) is 3.59. The SMILES string of the molecule is CCOC(=O)C(C(=O)c1ccccc1)c1cc(C)cs1. The molecular formula is C16H16O3S. The van der Waals surface area contributed by atoms with Crippen molar-refractivity contribution in [3.63, 3.8) is 0 Å². The lowest BCUT2D eigenvalue weighted by molar-refractivity contribution is -0.143. The Bertz CT molecular complexity index is 601. The molecule has 0 fully saturated rings. The Hall–Kier alpha value is -1.94. The van der Waals surface area contributed by atoms with Gasteiger partial charge >= 0.3 is 5.97 Å². The summed E-state index contributed by atoms with van der Waals surface area (Å²) in [6, 6.07) is 10.7. The van der Waals surface area contributed by atoms with E-state index in [1.54, 1.807) is 31.2 Å². The molecule has 0 amide bonds. The molecule has 0 bridgehead atoms. The molecule has 0 saturated carbocycles. The number of ketones is 1. The van der Waals surface area contributed by atoms with Crippen LogP contribution in [0.3, 0.4) is 0 Å². The normalized spacial score (nSPS) is 11.9. The molecule has 1 unspecified atom stereocenters. The molecule has 3 nitrogen and oxygen atoms in total. The summed E-state index contributed by atoms with van der Waals surface area (Å²) in [5.41, 5.74) is 1.57. The van der Waals surface area contributed by atoms with Crippen molar-refractivity contribution in [2.45, 2.75) is 19.8 Å². The number of carbonyl (C=O) groups excluding carboxylic acids is 2. The summed E-state index contributed by atoms with van der Waals surface area (Å²) < 4.78 is 5.06. The van der Waals surface area contributed by atoms with Crippen LogP contribution in [-0.4, -0.2) is 18.4 Å². The molecule has 20 heavy (non-hydrogen) atoms. The topological polar surface area (TPSA) is 43.4 Å². The molecule has 1 aromatic heterocycles. The average molecular weight is 288 g/mol. The number of esters is 1. The van der Waals surface area contributed by atoms with Crippen LogP contribution in [0, 0.1) is 6.92 Å². The van der Waals surface area contributed by atoms with Crippen molar-refractivity contribution in [3.05, 3.63) is 57.8 Å². The van der Waals surface area contributed by atoms with E-state index < -0.39 is 11.9 Å². The lowest BCUT2D eigenvalue weighted by Gasteiger charge is -2.13. The minimum Gasteiger partial charge on any atom is -0.465 e. The second-order valence-corrected chi connectivity index (χ2v) is 5.38. The van der Waals surface area contributed by atoms with Gasteiger partial charge in [0.05, 0.1) is 6.61 Å². The molecule has 2 rings (SSSR count). The van der Waals surface area contributed by atoms with Crippen molar-refractivity contribution in [2.75, 3.05) is 6.61 Å². The molecular weight excluding hydrogens is 272 g/mol. The number of carbonyl (C=O) groups is 2. The number of thiophene rings is 1. The van der Waals surface area contributed by atoms with Gasteiger partial charge in [0, 0.05) is 10.4 Å². The number of ether oxygens (including phenoxy) is 1. The van der Waals surface area contributed by atoms with Gasteiger partial charge in [0.1, 0.15) is 0 Å². The summed E-state index contributed by atoms with van der Waals surface area (Å²) in [6.07, 6.45) is 0. The molecule has 1 aromatic carbocycles. The molecule has 0 radical (unpaired) electrons. The average Bonchev–Trinajstić information content (AvgIpc) is 2.86. The summed E-state index contributed by atoms with van der Waals surface area (Å²) in [5, 5.41) is 1.93. The molecule has 0 saturated heterocycles. The minimum absolute atomic E-state index is 0.217. The van der Waals surface area contributed by atoms with Crippen LogP contribution in [0.5, 0.6) is 0 Å². The molecule has 104 valence electrons. The Labute approximate surface area is 122 Å². The second-order valence-electron chi connectivity index (χ2n) is 4.44. The standard InChI is InChI=1S/C16H16O3S/c1-3-19-16(18)14(13-9-11(2)10-20-13)15(17)12-7-5-4-6-8-12/h4-10,14H,3H2,1-2H3. The lowest BCUT2D eigenvalue weighted by atomic mass is 9.96. The van der Waals surface area contributed by atoms with Gasteiger partial charge in [0.2, 0.25) is 0 Å². The van der Waals surface area contributed by atoms with Crippen molar-refractivity contribution in [1.82, 2.24) is 0 Å². The molecule has 1 heterocycles. The number of benzene rings is 1. The highest BCUT2D eigenvalue weighted by Crippen LogP contribution is 2.28. The summed E-state index contributed by atoms with van der Waals surface area (Å²) in [7, 11) is 0. The van der Waals surface area contributed by atoms with E-state index in [1.807, 2.05) is 24.4 Å². The Morgan fingerprint density at radius 3 is 2.50 bits per heavy atom. The van der Waals surface area contributed by atoms with Crippen LogP contribution in [0.1, 0.15) is 33.6 Å². The fraction of sp³-hybridized carbons (Fsp3) is 0.250. The van der Waals surface area contributed by atoms with Gasteiger partial charge in [-0.15, -0.1) is 11.3 Å². The zero-order valence-electron chi connectivity index (χ0n) is 11.5. The van der Waals surface area contributed by atoms with Gasteiger partial charge in [-0.3, -0.25) is 9.59 Å². The van der Waals surface area contributed by atoms with Crippen LogP contribution < -0.4 is 0 Å². The third kappa shape index (κ3) is 3.14. The van der Waals surface area contributed by atoms with Gasteiger partial charge < -0.3 is 4.74 Å². The van der Waals surface area contributed by atoms with Crippen LogP contribution in [0.15, 0.2) is 41.8 Å². The first kappa shape index (κ1) is 14.5. The smallest absolute Gasteiger partial charge is 0.322 e. The summed E-state index contributed by atoms with van der Waals surface area (Å²) >= 11 is 1.41. The van der Waals surface area contributed by atoms with Gasteiger partial charge in [-0.05, 0) is 30.9 Å². The van der Waals surface area contributed by atoms with Crippen LogP contribution in [0.4, 0.5) is 0 Å². The van der Waals surface area contributed by atoms with Crippen molar-refractivity contribution in [3.8, 4) is 0 Å². The van der Waals surface area contributed by atoms with Crippen LogP contribution >= 0.6 is 11.3 Å². The van der Waals surface area contributed by atoms with Crippen molar-refractivity contribution < 1.29 is 14.3 Å². The maximum absolute atomic E-state index is 12.6. The fourth-order valence-corrected chi connectivity index (χ4v) is 2.94. The first-order valence-electron chi connectivity index (χ1n) is 6.44. The number of aryl methyl sites for hydroxylation is 1. The van der Waals surface area contributed by atoms with Crippen LogP contribution in [-0.2, 0) is 9.53 Å². The fourth-order valence-electron chi connectivity index (χ4n) is 1.95. The Kier molecular flexibility index (Phi) is 4.69. The van der Waals surface area contributed by atoms with Gasteiger partial charge in [-0.25, -0.2) is 0 Å². The molecule has 0 aliphatic rings. The minimum atomic E-state index is -0.865. The highest BCUT2D eigenvalue weighted by atomic mass is 32.1. The summed E-state index contributed by atoms with van der Waals surface area (Å²) in [5.74, 6) is -1.56. The van der Waals surface area contributed by atoms with E-state index in [4.69, 9.17) is 4.74 Å². The third-order valence-corrected chi connectivity index (χ3v) is 3.99. The Morgan fingerprint density at radius 2 is 1.95 bits per heavy atom. The highest BCUT2D eigenvalue weighted by Gasteiger charge is 2.31.